The summed E-state index contributed by atoms with van der Waals surface area (Å²) < 4.78 is 0. The zero-order chi connectivity index (χ0) is 14.3. The molecule has 0 atom stereocenters. The molecule has 2 N–H and O–H groups in total. The van der Waals surface area contributed by atoms with Crippen LogP contribution in [0.2, 0.25) is 0 Å². The Morgan fingerprint density at radius 3 is 2.37 bits per heavy atom. The molecule has 1 aliphatic rings. The van der Waals surface area contributed by atoms with Crippen LogP contribution in [-0.2, 0) is 9.59 Å². The lowest BCUT2D eigenvalue weighted by atomic mass is 9.85. The molecule has 0 saturated heterocycles. The van der Waals surface area contributed by atoms with Crippen molar-refractivity contribution >= 4 is 11.9 Å². The van der Waals surface area contributed by atoms with E-state index in [-0.39, 0.29) is 18.7 Å². The van der Waals surface area contributed by atoms with E-state index in [1.165, 1.54) is 32.1 Å². The second kappa shape index (κ2) is 7.51. The number of hydrogen-bond acceptors (Lipinski definition) is 2. The summed E-state index contributed by atoms with van der Waals surface area (Å²) in [6.07, 6.45) is 7.96. The Morgan fingerprint density at radius 1 is 1.16 bits per heavy atom. The van der Waals surface area contributed by atoms with Gasteiger partial charge in [-0.1, -0.05) is 46.0 Å². The molecular formula is C15H27NO3. The number of hydrogen-bond donors (Lipinski definition) is 2. The maximum atomic E-state index is 11.8. The van der Waals surface area contributed by atoms with Gasteiger partial charge in [0.05, 0.1) is 6.42 Å². The van der Waals surface area contributed by atoms with E-state index in [2.05, 4.69) is 5.32 Å². The van der Waals surface area contributed by atoms with Crippen LogP contribution >= 0.6 is 0 Å². The van der Waals surface area contributed by atoms with Crippen LogP contribution in [0.5, 0.6) is 0 Å². The Labute approximate surface area is 116 Å². The van der Waals surface area contributed by atoms with E-state index in [4.69, 9.17) is 5.11 Å². The first-order valence-corrected chi connectivity index (χ1v) is 7.37. The van der Waals surface area contributed by atoms with E-state index in [1.54, 1.807) is 0 Å². The first-order valence-electron chi connectivity index (χ1n) is 7.37. The molecule has 110 valence electrons. The fourth-order valence-corrected chi connectivity index (χ4v) is 2.86. The van der Waals surface area contributed by atoms with Crippen LogP contribution in [0.4, 0.5) is 0 Å². The van der Waals surface area contributed by atoms with Gasteiger partial charge in [-0.3, -0.25) is 9.59 Å². The van der Waals surface area contributed by atoms with Gasteiger partial charge < -0.3 is 10.4 Å². The van der Waals surface area contributed by atoms with Crippen LogP contribution in [-0.4, -0.2) is 23.5 Å². The monoisotopic (exact) mass is 269 g/mol. The highest BCUT2D eigenvalue weighted by Crippen LogP contribution is 2.26. The molecule has 1 fully saturated rings. The predicted molar refractivity (Wildman–Crippen MR) is 74.9 cm³/mol. The summed E-state index contributed by atoms with van der Waals surface area (Å²) >= 11 is 0. The quantitative estimate of drug-likeness (QED) is 0.746. The number of rotatable bonds is 7. The minimum atomic E-state index is -0.847. The first-order chi connectivity index (χ1) is 8.89. The summed E-state index contributed by atoms with van der Waals surface area (Å²) in [5, 5.41) is 11.7. The highest BCUT2D eigenvalue weighted by atomic mass is 16.4. The Kier molecular flexibility index (Phi) is 6.32. The Balaban J connectivity index is 2.18. The van der Waals surface area contributed by atoms with Crippen molar-refractivity contribution < 1.29 is 14.7 Å². The molecule has 0 aromatic heterocycles. The molecule has 4 nitrogen and oxygen atoms in total. The average Bonchev–Trinajstić information content (AvgIpc) is 2.27. The van der Waals surface area contributed by atoms with Crippen molar-refractivity contribution in [2.45, 2.75) is 65.2 Å². The summed E-state index contributed by atoms with van der Waals surface area (Å²) in [6, 6.07) is 0. The number of carboxylic acid groups (broad SMARTS) is 1. The molecule has 0 bridgehead atoms. The largest absolute Gasteiger partial charge is 0.481 e. The van der Waals surface area contributed by atoms with E-state index >= 15 is 0 Å². The van der Waals surface area contributed by atoms with Gasteiger partial charge in [-0.05, 0) is 17.8 Å². The zero-order valence-corrected chi connectivity index (χ0v) is 12.2. The lowest BCUT2D eigenvalue weighted by Crippen LogP contribution is -2.31. The third kappa shape index (κ3) is 7.19. The van der Waals surface area contributed by atoms with Gasteiger partial charge in [-0.25, -0.2) is 0 Å². The minimum Gasteiger partial charge on any atom is -0.481 e. The summed E-state index contributed by atoms with van der Waals surface area (Å²) in [5.41, 5.74) is -0.471. The molecule has 0 aromatic rings. The summed E-state index contributed by atoms with van der Waals surface area (Å²) in [6.45, 7) is 4.37. The lowest BCUT2D eigenvalue weighted by molar-refractivity contribution is -0.139. The van der Waals surface area contributed by atoms with Crippen LogP contribution in [0.1, 0.15) is 65.2 Å². The fraction of sp³-hybridized carbons (Fsp3) is 0.867. The molecule has 0 heterocycles. The number of aliphatic carboxylic acids is 1. The molecule has 1 saturated carbocycles. The molecule has 1 aliphatic carbocycles. The minimum absolute atomic E-state index is 0.0259. The molecule has 1 amide bonds. The molecule has 4 heteroatoms. The summed E-state index contributed by atoms with van der Waals surface area (Å²) in [4.78, 5) is 22.5. The van der Waals surface area contributed by atoms with Crippen molar-refractivity contribution in [3.8, 4) is 0 Å². The van der Waals surface area contributed by atoms with E-state index in [1.807, 2.05) is 13.8 Å². The van der Waals surface area contributed by atoms with Gasteiger partial charge in [0.25, 0.3) is 0 Å². The van der Waals surface area contributed by atoms with Gasteiger partial charge >= 0.3 is 5.97 Å². The Bertz CT molecular complexity index is 307. The molecule has 19 heavy (non-hydrogen) atoms. The number of nitrogens with one attached hydrogen (secondary N) is 1. The van der Waals surface area contributed by atoms with Crippen LogP contribution in [0, 0.1) is 11.3 Å². The number of amides is 1. The second-order valence-corrected chi connectivity index (χ2v) is 6.55. The van der Waals surface area contributed by atoms with Crippen molar-refractivity contribution in [3.05, 3.63) is 0 Å². The van der Waals surface area contributed by atoms with Gasteiger partial charge in [-0.2, -0.15) is 0 Å². The van der Waals surface area contributed by atoms with E-state index in [9.17, 15) is 9.59 Å². The van der Waals surface area contributed by atoms with Gasteiger partial charge in [0.2, 0.25) is 5.91 Å². The van der Waals surface area contributed by atoms with Crippen LogP contribution in [0.25, 0.3) is 0 Å². The number of carbonyl (C=O) groups is 2. The molecular weight excluding hydrogens is 242 g/mol. The van der Waals surface area contributed by atoms with Crippen molar-refractivity contribution in [2.24, 2.45) is 11.3 Å². The van der Waals surface area contributed by atoms with Gasteiger partial charge in [0.1, 0.15) is 0 Å². The number of carboxylic acids is 1. The maximum absolute atomic E-state index is 11.8. The fourth-order valence-electron chi connectivity index (χ4n) is 2.86. The summed E-state index contributed by atoms with van der Waals surface area (Å²) in [5.74, 6) is -0.108. The van der Waals surface area contributed by atoms with Crippen LogP contribution in [0.3, 0.4) is 0 Å². The number of carbonyl (C=O) groups excluding carboxylic acids is 1. The zero-order valence-electron chi connectivity index (χ0n) is 12.2. The van der Waals surface area contributed by atoms with Gasteiger partial charge in [-0.15, -0.1) is 0 Å². The van der Waals surface area contributed by atoms with Crippen molar-refractivity contribution in [3.63, 3.8) is 0 Å². The predicted octanol–water partition coefficient (Wildman–Crippen LogP) is 2.96. The molecule has 0 unspecified atom stereocenters. The molecule has 0 aromatic carbocycles. The maximum Gasteiger partial charge on any atom is 0.303 e. The first kappa shape index (κ1) is 16.0. The highest BCUT2D eigenvalue weighted by molar-refractivity contribution is 5.77. The molecule has 1 rings (SSSR count). The summed E-state index contributed by atoms with van der Waals surface area (Å²) in [7, 11) is 0. The smallest absolute Gasteiger partial charge is 0.303 e. The normalized spacial score (nSPS) is 17.2. The Hall–Kier alpha value is -1.06. The van der Waals surface area contributed by atoms with E-state index in [0.717, 1.165) is 18.9 Å². The SMILES string of the molecule is CC(C)(CC(=O)O)CC(=O)NCCC1CCCCC1. The standard InChI is InChI=1S/C15H27NO3/c1-15(2,11-14(18)19)10-13(17)16-9-8-12-6-4-3-5-7-12/h12H,3-11H2,1-2H3,(H,16,17)(H,18,19). The van der Waals surface area contributed by atoms with E-state index < -0.39 is 11.4 Å². The van der Waals surface area contributed by atoms with Crippen molar-refractivity contribution in [2.75, 3.05) is 6.54 Å². The lowest BCUT2D eigenvalue weighted by Gasteiger charge is -2.23. The third-order valence-electron chi connectivity index (χ3n) is 3.87. The van der Waals surface area contributed by atoms with Crippen molar-refractivity contribution in [1.82, 2.24) is 5.32 Å². The average molecular weight is 269 g/mol. The van der Waals surface area contributed by atoms with Crippen LogP contribution in [0.15, 0.2) is 0 Å². The van der Waals surface area contributed by atoms with Gasteiger partial charge in [0, 0.05) is 13.0 Å². The Morgan fingerprint density at radius 2 is 1.79 bits per heavy atom. The topological polar surface area (TPSA) is 66.4 Å². The van der Waals surface area contributed by atoms with Crippen molar-refractivity contribution in [1.29, 1.82) is 0 Å². The third-order valence-corrected chi connectivity index (χ3v) is 3.87. The molecule has 0 radical (unpaired) electrons. The van der Waals surface area contributed by atoms with E-state index in [0.29, 0.717) is 0 Å². The molecule has 0 aliphatic heterocycles. The second-order valence-electron chi connectivity index (χ2n) is 6.55. The molecule has 0 spiro atoms. The highest BCUT2D eigenvalue weighted by Gasteiger charge is 2.25. The van der Waals surface area contributed by atoms with Crippen LogP contribution < -0.4 is 5.32 Å². The van der Waals surface area contributed by atoms with Gasteiger partial charge in [0.15, 0.2) is 0 Å².